The van der Waals surface area contributed by atoms with E-state index in [0.29, 0.717) is 18.9 Å². The van der Waals surface area contributed by atoms with E-state index in [-0.39, 0.29) is 5.91 Å². The van der Waals surface area contributed by atoms with Gasteiger partial charge >= 0.3 is 0 Å². The minimum Gasteiger partial charge on any atom is -0.352 e. The molecule has 1 saturated carbocycles. The van der Waals surface area contributed by atoms with E-state index < -0.39 is 5.41 Å². The van der Waals surface area contributed by atoms with Crippen molar-refractivity contribution < 1.29 is 4.79 Å². The highest BCUT2D eigenvalue weighted by molar-refractivity contribution is 5.85. The van der Waals surface area contributed by atoms with Crippen LogP contribution in [0, 0.1) is 16.7 Å². The number of rotatable bonds is 4. The highest BCUT2D eigenvalue weighted by Crippen LogP contribution is 2.27. The van der Waals surface area contributed by atoms with Gasteiger partial charge in [-0.3, -0.25) is 4.79 Å². The van der Waals surface area contributed by atoms with Gasteiger partial charge in [0.05, 0.1) is 6.07 Å². The van der Waals surface area contributed by atoms with Crippen LogP contribution in [0.3, 0.4) is 0 Å². The van der Waals surface area contributed by atoms with Crippen molar-refractivity contribution in [2.75, 3.05) is 0 Å². The quantitative estimate of drug-likeness (QED) is 0.795. The summed E-state index contributed by atoms with van der Waals surface area (Å²) in [6.07, 6.45) is 7.00. The van der Waals surface area contributed by atoms with E-state index in [2.05, 4.69) is 11.4 Å². The number of nitriles is 1. The predicted octanol–water partition coefficient (Wildman–Crippen LogP) is 2.77. The van der Waals surface area contributed by atoms with Crippen molar-refractivity contribution in [1.29, 1.82) is 5.26 Å². The van der Waals surface area contributed by atoms with Gasteiger partial charge in [0, 0.05) is 6.04 Å². The molecule has 0 aromatic heterocycles. The zero-order valence-corrected chi connectivity index (χ0v) is 10.4. The van der Waals surface area contributed by atoms with Crippen LogP contribution in [0.15, 0.2) is 0 Å². The number of carbonyl (C=O) groups is 1. The SMILES string of the molecule is CCC(C#N)(CC)C(=O)NC1CCCCC1. The van der Waals surface area contributed by atoms with Crippen LogP contribution in [0.2, 0.25) is 0 Å². The van der Waals surface area contributed by atoms with E-state index in [1.165, 1.54) is 19.3 Å². The standard InChI is InChI=1S/C13H22N2O/c1-3-13(4-2,10-14)12(16)15-11-8-6-5-7-9-11/h11H,3-9H2,1-2H3,(H,15,16). The predicted molar refractivity (Wildman–Crippen MR) is 63.6 cm³/mol. The summed E-state index contributed by atoms with van der Waals surface area (Å²) in [7, 11) is 0. The first-order valence-corrected chi connectivity index (χ1v) is 6.40. The topological polar surface area (TPSA) is 52.9 Å². The molecular formula is C13H22N2O. The number of carbonyl (C=O) groups excluding carboxylic acids is 1. The Morgan fingerprint density at radius 2 is 1.88 bits per heavy atom. The number of nitrogens with zero attached hydrogens (tertiary/aromatic N) is 1. The molecule has 0 saturated heterocycles. The monoisotopic (exact) mass is 222 g/mol. The zero-order chi connectivity index (χ0) is 12.0. The van der Waals surface area contributed by atoms with Crippen molar-refractivity contribution in [3.63, 3.8) is 0 Å². The summed E-state index contributed by atoms with van der Waals surface area (Å²) >= 11 is 0. The molecule has 1 aliphatic rings. The molecule has 0 unspecified atom stereocenters. The number of hydrogen-bond donors (Lipinski definition) is 1. The fourth-order valence-corrected chi connectivity index (χ4v) is 2.35. The third-order valence-electron chi connectivity index (χ3n) is 3.80. The molecule has 0 aromatic carbocycles. The van der Waals surface area contributed by atoms with Crippen LogP contribution in [-0.4, -0.2) is 11.9 Å². The lowest BCUT2D eigenvalue weighted by molar-refractivity contribution is -0.129. The summed E-state index contributed by atoms with van der Waals surface area (Å²) in [5, 5.41) is 12.2. The fourth-order valence-electron chi connectivity index (χ4n) is 2.35. The van der Waals surface area contributed by atoms with Gasteiger partial charge in [-0.1, -0.05) is 33.1 Å². The van der Waals surface area contributed by atoms with Crippen LogP contribution < -0.4 is 5.32 Å². The molecule has 3 heteroatoms. The lowest BCUT2D eigenvalue weighted by Crippen LogP contribution is -2.45. The second-order valence-corrected chi connectivity index (χ2v) is 4.71. The zero-order valence-electron chi connectivity index (χ0n) is 10.4. The molecule has 3 nitrogen and oxygen atoms in total. The van der Waals surface area contributed by atoms with Gasteiger partial charge in [0.1, 0.15) is 5.41 Å². The van der Waals surface area contributed by atoms with Gasteiger partial charge in [0.2, 0.25) is 5.91 Å². The molecule has 0 atom stereocenters. The van der Waals surface area contributed by atoms with Crippen molar-refractivity contribution >= 4 is 5.91 Å². The molecule has 0 aliphatic heterocycles. The first kappa shape index (κ1) is 13.0. The number of hydrogen-bond acceptors (Lipinski definition) is 2. The van der Waals surface area contributed by atoms with E-state index >= 15 is 0 Å². The third kappa shape index (κ3) is 2.75. The fraction of sp³-hybridized carbons (Fsp3) is 0.846. The van der Waals surface area contributed by atoms with Gasteiger partial charge in [-0.2, -0.15) is 5.26 Å². The van der Waals surface area contributed by atoms with E-state index in [1.807, 2.05) is 13.8 Å². The van der Waals surface area contributed by atoms with E-state index in [1.54, 1.807) is 0 Å². The van der Waals surface area contributed by atoms with Gasteiger partial charge in [-0.25, -0.2) is 0 Å². The Morgan fingerprint density at radius 3 is 2.31 bits per heavy atom. The third-order valence-corrected chi connectivity index (χ3v) is 3.80. The van der Waals surface area contributed by atoms with Crippen molar-refractivity contribution in [1.82, 2.24) is 5.32 Å². The Morgan fingerprint density at radius 1 is 1.31 bits per heavy atom. The normalized spacial score (nSPS) is 17.8. The highest BCUT2D eigenvalue weighted by Gasteiger charge is 2.36. The van der Waals surface area contributed by atoms with Gasteiger partial charge in [0.15, 0.2) is 0 Å². The second kappa shape index (κ2) is 5.89. The summed E-state index contributed by atoms with van der Waals surface area (Å²) in [5.74, 6) is -0.0631. The summed E-state index contributed by atoms with van der Waals surface area (Å²) in [5.41, 5.74) is -0.808. The molecule has 1 N–H and O–H groups in total. The highest BCUT2D eigenvalue weighted by atomic mass is 16.2. The van der Waals surface area contributed by atoms with Crippen LogP contribution in [0.5, 0.6) is 0 Å². The minimum absolute atomic E-state index is 0.0631. The molecule has 16 heavy (non-hydrogen) atoms. The average Bonchev–Trinajstić information content (AvgIpc) is 2.33. The summed E-state index contributed by atoms with van der Waals surface area (Å²) in [6, 6.07) is 2.49. The van der Waals surface area contributed by atoms with E-state index in [9.17, 15) is 4.79 Å². The van der Waals surface area contributed by atoms with Gasteiger partial charge in [-0.05, 0) is 25.7 Å². The maximum Gasteiger partial charge on any atom is 0.240 e. The van der Waals surface area contributed by atoms with E-state index in [0.717, 1.165) is 12.8 Å². The van der Waals surface area contributed by atoms with Crippen LogP contribution in [-0.2, 0) is 4.79 Å². The molecule has 0 aromatic rings. The Labute approximate surface area is 98.2 Å². The molecule has 1 aliphatic carbocycles. The Kier molecular flexibility index (Phi) is 4.79. The second-order valence-electron chi connectivity index (χ2n) is 4.71. The van der Waals surface area contributed by atoms with Crippen LogP contribution in [0.1, 0.15) is 58.8 Å². The number of amides is 1. The molecule has 0 heterocycles. The first-order valence-electron chi connectivity index (χ1n) is 6.40. The van der Waals surface area contributed by atoms with Gasteiger partial charge < -0.3 is 5.32 Å². The lowest BCUT2D eigenvalue weighted by Gasteiger charge is -2.28. The lowest BCUT2D eigenvalue weighted by atomic mass is 9.82. The molecule has 0 spiro atoms. The van der Waals surface area contributed by atoms with Gasteiger partial charge in [-0.15, -0.1) is 0 Å². The van der Waals surface area contributed by atoms with Crippen molar-refractivity contribution in [2.45, 2.75) is 64.8 Å². The summed E-state index contributed by atoms with van der Waals surface area (Å²) in [4.78, 5) is 12.1. The van der Waals surface area contributed by atoms with E-state index in [4.69, 9.17) is 5.26 Å². The molecular weight excluding hydrogens is 200 g/mol. The molecule has 1 rings (SSSR count). The first-order chi connectivity index (χ1) is 7.68. The summed E-state index contributed by atoms with van der Waals surface area (Å²) < 4.78 is 0. The maximum atomic E-state index is 12.1. The van der Waals surface area contributed by atoms with Gasteiger partial charge in [0.25, 0.3) is 0 Å². The average molecular weight is 222 g/mol. The van der Waals surface area contributed by atoms with Crippen molar-refractivity contribution in [2.24, 2.45) is 5.41 Å². The Hall–Kier alpha value is -1.04. The Bertz CT molecular complexity index is 270. The van der Waals surface area contributed by atoms with Crippen LogP contribution >= 0.6 is 0 Å². The minimum atomic E-state index is -0.808. The molecule has 0 radical (unpaired) electrons. The molecule has 0 bridgehead atoms. The van der Waals surface area contributed by atoms with Crippen molar-refractivity contribution in [3.05, 3.63) is 0 Å². The van der Waals surface area contributed by atoms with Crippen LogP contribution in [0.4, 0.5) is 0 Å². The number of nitrogens with one attached hydrogen (secondary N) is 1. The molecule has 90 valence electrons. The van der Waals surface area contributed by atoms with Crippen molar-refractivity contribution in [3.8, 4) is 6.07 Å². The molecule has 1 fully saturated rings. The summed E-state index contributed by atoms with van der Waals surface area (Å²) in [6.45, 7) is 3.82. The Balaban J connectivity index is 2.58. The van der Waals surface area contributed by atoms with Crippen LogP contribution in [0.25, 0.3) is 0 Å². The largest absolute Gasteiger partial charge is 0.352 e. The maximum absolute atomic E-state index is 12.1. The molecule has 1 amide bonds. The smallest absolute Gasteiger partial charge is 0.240 e.